The first kappa shape index (κ1) is 27.9. The number of hydrogen-bond donors (Lipinski definition) is 1. The number of rotatable bonds is 9. The number of aromatic amines is 1. The summed E-state index contributed by atoms with van der Waals surface area (Å²) in [5.41, 5.74) is 6.14. The normalized spacial score (nSPS) is 12.8. The van der Waals surface area contributed by atoms with Crippen LogP contribution < -0.4 is 25.4 Å². The molecule has 3 heterocycles. The monoisotopic (exact) mass is 557 g/mol. The van der Waals surface area contributed by atoms with Crippen molar-refractivity contribution < 1.29 is 19.0 Å². The molecular weight excluding hydrogens is 522 g/mol. The Bertz CT molecular complexity index is 1690. The molecule has 0 bridgehead atoms. The molecule has 4 aromatic rings. The van der Waals surface area contributed by atoms with Crippen LogP contribution in [0.25, 0.3) is 11.3 Å². The standard InChI is InChI=1S/C31H35N5O5/c1-6-40-28-18-26-22(16-27(28)39-5)24-17-29(33-30-20(3)14-19(2)15-21(30)4)36(31(38)35(24)12-13-41-26)11-7-8-25(37)23-9-10-32-34-23/h9-10,14-18H,6-8,11-13H2,1-5H3,(H,32,34). The van der Waals surface area contributed by atoms with E-state index in [9.17, 15) is 9.59 Å². The van der Waals surface area contributed by atoms with Crippen LogP contribution >= 0.6 is 0 Å². The topological polar surface area (TPSA) is 113 Å². The lowest BCUT2D eigenvalue weighted by molar-refractivity contribution is 0.0973. The van der Waals surface area contributed by atoms with Gasteiger partial charge in [-0.2, -0.15) is 5.10 Å². The molecule has 2 aromatic heterocycles. The Morgan fingerprint density at radius 3 is 2.59 bits per heavy atom. The first-order valence-electron chi connectivity index (χ1n) is 13.8. The van der Waals surface area contributed by atoms with Crippen LogP contribution in [0.3, 0.4) is 0 Å². The van der Waals surface area contributed by atoms with Crippen LogP contribution in [0.15, 0.2) is 52.4 Å². The molecule has 0 atom stereocenters. The number of carbonyl (C=O) groups excluding carboxylic acids is 1. The second kappa shape index (κ2) is 11.9. The summed E-state index contributed by atoms with van der Waals surface area (Å²) in [5.74, 6) is 1.68. The number of benzene rings is 2. The van der Waals surface area contributed by atoms with Crippen LogP contribution in [0.2, 0.25) is 0 Å². The first-order chi connectivity index (χ1) is 19.8. The number of carbonyl (C=O) groups is 1. The minimum atomic E-state index is -0.220. The molecule has 41 heavy (non-hydrogen) atoms. The fourth-order valence-electron chi connectivity index (χ4n) is 5.31. The van der Waals surface area contributed by atoms with Gasteiger partial charge in [-0.25, -0.2) is 9.79 Å². The summed E-state index contributed by atoms with van der Waals surface area (Å²) in [6, 6.07) is 11.4. The first-order valence-corrected chi connectivity index (χ1v) is 13.8. The van der Waals surface area contributed by atoms with E-state index < -0.39 is 0 Å². The van der Waals surface area contributed by atoms with E-state index in [1.807, 2.05) is 39.0 Å². The molecule has 5 rings (SSSR count). The number of aryl methyl sites for hydroxylation is 3. The smallest absolute Gasteiger partial charge is 0.330 e. The van der Waals surface area contributed by atoms with E-state index in [0.717, 1.165) is 27.9 Å². The predicted octanol–water partition coefficient (Wildman–Crippen LogP) is 4.66. The zero-order valence-electron chi connectivity index (χ0n) is 24.1. The highest BCUT2D eigenvalue weighted by molar-refractivity contribution is 5.94. The summed E-state index contributed by atoms with van der Waals surface area (Å²) in [6.07, 6.45) is 2.28. The number of hydrogen-bond acceptors (Lipinski definition) is 7. The molecule has 1 aliphatic heterocycles. The van der Waals surface area contributed by atoms with Crippen LogP contribution in [-0.2, 0) is 13.1 Å². The van der Waals surface area contributed by atoms with Gasteiger partial charge in [0, 0.05) is 36.9 Å². The molecule has 10 nitrogen and oxygen atoms in total. The summed E-state index contributed by atoms with van der Waals surface area (Å²) in [5, 5.41) is 6.58. The average Bonchev–Trinajstić information content (AvgIpc) is 3.42. The van der Waals surface area contributed by atoms with Crippen LogP contribution in [-0.4, -0.2) is 45.4 Å². The molecule has 1 N–H and O–H groups in total. The molecule has 0 spiro atoms. The fraction of sp³-hybridized carbons (Fsp3) is 0.355. The van der Waals surface area contributed by atoms with E-state index in [1.54, 1.807) is 28.5 Å². The van der Waals surface area contributed by atoms with Gasteiger partial charge in [0.1, 0.15) is 23.5 Å². The lowest BCUT2D eigenvalue weighted by atomic mass is 10.1. The zero-order valence-corrected chi connectivity index (χ0v) is 24.1. The Morgan fingerprint density at radius 1 is 1.12 bits per heavy atom. The number of aromatic nitrogens is 4. The third-order valence-corrected chi connectivity index (χ3v) is 7.16. The quantitative estimate of drug-likeness (QED) is 0.300. The largest absolute Gasteiger partial charge is 0.493 e. The maximum absolute atomic E-state index is 14.1. The number of Topliss-reactive ketones (excluding diaryl/α,β-unsaturated/α-hetero) is 1. The van der Waals surface area contributed by atoms with E-state index in [4.69, 9.17) is 19.2 Å². The second-order valence-electron chi connectivity index (χ2n) is 10.1. The third kappa shape index (κ3) is 5.68. The van der Waals surface area contributed by atoms with Gasteiger partial charge in [0.15, 0.2) is 17.3 Å². The van der Waals surface area contributed by atoms with Gasteiger partial charge in [-0.1, -0.05) is 17.7 Å². The van der Waals surface area contributed by atoms with Crippen molar-refractivity contribution in [2.45, 2.75) is 53.6 Å². The maximum atomic E-state index is 14.1. The van der Waals surface area contributed by atoms with Gasteiger partial charge in [-0.3, -0.25) is 19.0 Å². The molecule has 10 heteroatoms. The van der Waals surface area contributed by atoms with Gasteiger partial charge in [-0.15, -0.1) is 0 Å². The highest BCUT2D eigenvalue weighted by atomic mass is 16.5. The van der Waals surface area contributed by atoms with E-state index in [1.165, 1.54) is 0 Å². The van der Waals surface area contributed by atoms with E-state index in [2.05, 4.69) is 29.3 Å². The molecule has 214 valence electrons. The summed E-state index contributed by atoms with van der Waals surface area (Å²) in [4.78, 5) is 31.7. The van der Waals surface area contributed by atoms with Crippen molar-refractivity contribution in [2.24, 2.45) is 4.99 Å². The number of ether oxygens (including phenoxy) is 3. The molecule has 0 fully saturated rings. The molecule has 0 radical (unpaired) electrons. The lowest BCUT2D eigenvalue weighted by Gasteiger charge is -2.17. The molecule has 2 aromatic carbocycles. The van der Waals surface area contributed by atoms with Gasteiger partial charge in [0.25, 0.3) is 0 Å². The van der Waals surface area contributed by atoms with Crippen molar-refractivity contribution in [1.29, 1.82) is 0 Å². The molecule has 0 saturated carbocycles. The Balaban J connectivity index is 1.67. The van der Waals surface area contributed by atoms with Gasteiger partial charge in [0.05, 0.1) is 31.6 Å². The average molecular weight is 558 g/mol. The van der Waals surface area contributed by atoms with Crippen molar-refractivity contribution in [3.05, 3.63) is 81.0 Å². The Kier molecular flexibility index (Phi) is 8.09. The van der Waals surface area contributed by atoms with Crippen molar-refractivity contribution in [2.75, 3.05) is 20.3 Å². The Labute approximate surface area is 238 Å². The van der Waals surface area contributed by atoms with Crippen LogP contribution in [0.5, 0.6) is 17.2 Å². The fourth-order valence-corrected chi connectivity index (χ4v) is 5.31. The summed E-state index contributed by atoms with van der Waals surface area (Å²) < 4.78 is 20.8. The second-order valence-corrected chi connectivity index (χ2v) is 10.1. The highest BCUT2D eigenvalue weighted by Crippen LogP contribution is 2.41. The van der Waals surface area contributed by atoms with Crippen LogP contribution in [0.4, 0.5) is 5.69 Å². The van der Waals surface area contributed by atoms with Gasteiger partial charge < -0.3 is 14.2 Å². The third-order valence-electron chi connectivity index (χ3n) is 7.16. The van der Waals surface area contributed by atoms with Gasteiger partial charge in [0.2, 0.25) is 0 Å². The summed E-state index contributed by atoms with van der Waals surface area (Å²) in [6.45, 7) is 9.46. The van der Waals surface area contributed by atoms with Crippen molar-refractivity contribution >= 4 is 11.5 Å². The molecule has 1 aliphatic rings. The van der Waals surface area contributed by atoms with Gasteiger partial charge in [-0.05, 0) is 57.4 Å². The minimum absolute atomic E-state index is 0.0544. The Morgan fingerprint density at radius 2 is 1.90 bits per heavy atom. The predicted molar refractivity (Wildman–Crippen MR) is 155 cm³/mol. The number of fused-ring (bicyclic) bond motifs is 3. The van der Waals surface area contributed by atoms with Crippen LogP contribution in [0, 0.1) is 20.8 Å². The number of nitrogens with one attached hydrogen (secondary N) is 1. The maximum Gasteiger partial charge on any atom is 0.330 e. The number of nitrogens with zero attached hydrogens (tertiary/aromatic N) is 4. The van der Waals surface area contributed by atoms with E-state index in [-0.39, 0.29) is 17.9 Å². The highest BCUT2D eigenvalue weighted by Gasteiger charge is 2.22. The minimum Gasteiger partial charge on any atom is -0.493 e. The molecule has 0 amide bonds. The molecule has 0 saturated heterocycles. The summed E-state index contributed by atoms with van der Waals surface area (Å²) >= 11 is 0. The van der Waals surface area contributed by atoms with Crippen molar-refractivity contribution in [3.63, 3.8) is 0 Å². The van der Waals surface area contributed by atoms with Crippen molar-refractivity contribution in [3.8, 4) is 28.5 Å². The van der Waals surface area contributed by atoms with E-state index in [0.29, 0.717) is 66.8 Å². The number of H-pyrrole nitrogens is 1. The Hall–Kier alpha value is -4.60. The number of methoxy groups -OCH3 is 1. The SMILES string of the molecule is CCOc1cc2c(cc1OC)-c1cc(=Nc3c(C)cc(C)cc3C)n(CCCC(=O)c3ccn[nH]3)c(=O)n1CCO2. The van der Waals surface area contributed by atoms with Crippen LogP contribution in [0.1, 0.15) is 46.9 Å². The number of ketones is 1. The zero-order chi connectivity index (χ0) is 29.1. The van der Waals surface area contributed by atoms with E-state index >= 15 is 0 Å². The molecular formula is C31H35N5O5. The molecule has 0 aliphatic carbocycles. The lowest BCUT2D eigenvalue weighted by Crippen LogP contribution is -2.41. The molecule has 0 unspecified atom stereocenters. The van der Waals surface area contributed by atoms with Crippen molar-refractivity contribution in [1.82, 2.24) is 19.3 Å². The van der Waals surface area contributed by atoms with Gasteiger partial charge >= 0.3 is 5.69 Å². The summed E-state index contributed by atoms with van der Waals surface area (Å²) in [7, 11) is 1.59.